The van der Waals surface area contributed by atoms with E-state index >= 15 is 0 Å². The lowest BCUT2D eigenvalue weighted by molar-refractivity contribution is 0.765. The van der Waals surface area contributed by atoms with Crippen molar-refractivity contribution in [3.05, 3.63) is 38.7 Å². The van der Waals surface area contributed by atoms with E-state index < -0.39 is 0 Å². The van der Waals surface area contributed by atoms with Crippen molar-refractivity contribution in [2.75, 3.05) is 0 Å². The van der Waals surface area contributed by atoms with E-state index in [1.54, 1.807) is 7.05 Å². The first-order chi connectivity index (χ1) is 8.49. The van der Waals surface area contributed by atoms with E-state index in [-0.39, 0.29) is 11.7 Å². The Morgan fingerprint density at radius 1 is 1.56 bits per heavy atom. The van der Waals surface area contributed by atoms with Crippen molar-refractivity contribution in [2.45, 2.75) is 23.0 Å². The maximum Gasteiger partial charge on any atom is 0.343 e. The van der Waals surface area contributed by atoms with Crippen molar-refractivity contribution >= 4 is 27.7 Å². The SMILES string of the molecule is C[C@H](N)c1ccc(Sc2n[nH]c(=O)n2C)cc1Br. The second-order valence-electron chi connectivity index (χ2n) is 3.94. The number of nitrogens with zero attached hydrogens (tertiary/aromatic N) is 2. The molecule has 0 spiro atoms. The van der Waals surface area contributed by atoms with Gasteiger partial charge in [0.05, 0.1) is 0 Å². The summed E-state index contributed by atoms with van der Waals surface area (Å²) in [4.78, 5) is 12.2. The molecule has 1 heterocycles. The number of halogens is 1. The van der Waals surface area contributed by atoms with E-state index in [2.05, 4.69) is 26.1 Å². The Balaban J connectivity index is 2.28. The summed E-state index contributed by atoms with van der Waals surface area (Å²) in [6.45, 7) is 1.93. The summed E-state index contributed by atoms with van der Waals surface area (Å²) >= 11 is 4.91. The van der Waals surface area contributed by atoms with E-state index in [0.29, 0.717) is 5.16 Å². The van der Waals surface area contributed by atoms with Gasteiger partial charge in [0.1, 0.15) is 0 Å². The van der Waals surface area contributed by atoms with Crippen molar-refractivity contribution in [3.8, 4) is 0 Å². The molecule has 0 aliphatic heterocycles. The molecule has 7 heteroatoms. The maximum atomic E-state index is 11.2. The third-order valence-corrected chi connectivity index (χ3v) is 4.23. The zero-order chi connectivity index (χ0) is 13.3. The highest BCUT2D eigenvalue weighted by Gasteiger charge is 2.09. The second-order valence-corrected chi connectivity index (χ2v) is 5.84. The minimum Gasteiger partial charge on any atom is -0.324 e. The number of H-pyrrole nitrogens is 1. The summed E-state index contributed by atoms with van der Waals surface area (Å²) in [6.07, 6.45) is 0. The zero-order valence-electron chi connectivity index (χ0n) is 9.98. The number of nitrogens with two attached hydrogens (primary N) is 1. The van der Waals surface area contributed by atoms with Gasteiger partial charge in [-0.1, -0.05) is 22.0 Å². The fraction of sp³-hybridized carbons (Fsp3) is 0.273. The summed E-state index contributed by atoms with van der Waals surface area (Å²) in [5.74, 6) is 0. The van der Waals surface area contributed by atoms with Crippen molar-refractivity contribution < 1.29 is 0 Å². The number of rotatable bonds is 3. The van der Waals surface area contributed by atoms with E-state index in [0.717, 1.165) is 14.9 Å². The highest BCUT2D eigenvalue weighted by Crippen LogP contribution is 2.30. The molecule has 3 N–H and O–H groups in total. The standard InChI is InChI=1S/C11H13BrN4OS/c1-6(13)8-4-3-7(5-9(8)12)18-11-15-14-10(17)16(11)2/h3-6H,13H2,1-2H3,(H,14,17)/t6-/m0/s1. The predicted octanol–water partition coefficient (Wildman–Crippen LogP) is 2.04. The second kappa shape index (κ2) is 5.29. The molecule has 0 aliphatic carbocycles. The van der Waals surface area contributed by atoms with Crippen LogP contribution in [0.15, 0.2) is 37.5 Å². The first kappa shape index (κ1) is 13.4. The van der Waals surface area contributed by atoms with Crippen LogP contribution >= 0.6 is 27.7 Å². The fourth-order valence-electron chi connectivity index (χ4n) is 1.47. The van der Waals surface area contributed by atoms with Crippen molar-refractivity contribution in [2.24, 2.45) is 12.8 Å². The first-order valence-electron chi connectivity index (χ1n) is 5.33. The van der Waals surface area contributed by atoms with Gasteiger partial charge in [0.25, 0.3) is 0 Å². The molecule has 0 saturated carbocycles. The summed E-state index contributed by atoms with van der Waals surface area (Å²) in [6, 6.07) is 5.89. The van der Waals surface area contributed by atoms with Crippen LogP contribution in [0.1, 0.15) is 18.5 Å². The Labute approximate surface area is 117 Å². The predicted molar refractivity (Wildman–Crippen MR) is 74.7 cm³/mol. The third-order valence-electron chi connectivity index (χ3n) is 2.51. The summed E-state index contributed by atoms with van der Waals surface area (Å²) in [7, 11) is 1.68. The number of aromatic amines is 1. The number of benzene rings is 1. The quantitative estimate of drug-likeness (QED) is 0.903. The molecule has 0 saturated heterocycles. The van der Waals surface area contributed by atoms with Gasteiger partial charge >= 0.3 is 5.69 Å². The summed E-state index contributed by atoms with van der Waals surface area (Å²) in [5.41, 5.74) is 6.68. The maximum absolute atomic E-state index is 11.2. The van der Waals surface area contributed by atoms with E-state index in [1.165, 1.54) is 16.3 Å². The number of hydrogen-bond donors (Lipinski definition) is 2. The van der Waals surface area contributed by atoms with Crippen LogP contribution in [0.5, 0.6) is 0 Å². The molecular formula is C11H13BrN4OS. The lowest BCUT2D eigenvalue weighted by atomic mass is 10.1. The van der Waals surface area contributed by atoms with Crippen molar-refractivity contribution in [3.63, 3.8) is 0 Å². The lowest BCUT2D eigenvalue weighted by Gasteiger charge is -2.09. The van der Waals surface area contributed by atoms with Crippen molar-refractivity contribution in [1.82, 2.24) is 14.8 Å². The minimum absolute atomic E-state index is 0.0202. The van der Waals surface area contributed by atoms with Crippen LogP contribution in [0.3, 0.4) is 0 Å². The van der Waals surface area contributed by atoms with Gasteiger partial charge in [0, 0.05) is 22.5 Å². The Kier molecular flexibility index (Phi) is 3.94. The average Bonchev–Trinajstić information content (AvgIpc) is 2.61. The van der Waals surface area contributed by atoms with Gasteiger partial charge in [-0.05, 0) is 36.4 Å². The van der Waals surface area contributed by atoms with Gasteiger partial charge in [0.2, 0.25) is 0 Å². The molecule has 18 heavy (non-hydrogen) atoms. The summed E-state index contributed by atoms with van der Waals surface area (Å²) in [5, 5.41) is 6.98. The highest BCUT2D eigenvalue weighted by molar-refractivity contribution is 9.10. The molecule has 0 amide bonds. The normalized spacial score (nSPS) is 12.7. The van der Waals surface area contributed by atoms with E-state index in [1.807, 2.05) is 25.1 Å². The van der Waals surface area contributed by atoms with E-state index in [9.17, 15) is 4.79 Å². The topological polar surface area (TPSA) is 76.7 Å². The Hall–Kier alpha value is -1.05. The first-order valence-corrected chi connectivity index (χ1v) is 6.94. The van der Waals surface area contributed by atoms with Crippen LogP contribution in [0.4, 0.5) is 0 Å². The van der Waals surface area contributed by atoms with E-state index in [4.69, 9.17) is 5.73 Å². The lowest BCUT2D eigenvalue weighted by Crippen LogP contribution is -2.12. The van der Waals surface area contributed by atoms with Gasteiger partial charge in [-0.2, -0.15) is 0 Å². The summed E-state index contributed by atoms with van der Waals surface area (Å²) < 4.78 is 2.43. The van der Waals surface area contributed by atoms with Gasteiger partial charge in [-0.25, -0.2) is 9.89 Å². The van der Waals surface area contributed by atoms with Crippen LogP contribution in [-0.4, -0.2) is 14.8 Å². The molecule has 96 valence electrons. The molecule has 0 bridgehead atoms. The monoisotopic (exact) mass is 328 g/mol. The van der Waals surface area contributed by atoms with Crippen LogP contribution < -0.4 is 11.4 Å². The van der Waals surface area contributed by atoms with Gasteiger partial charge in [0.15, 0.2) is 5.16 Å². The number of hydrogen-bond acceptors (Lipinski definition) is 4. The Bertz CT molecular complexity index is 620. The molecule has 0 radical (unpaired) electrons. The Morgan fingerprint density at radius 3 is 2.78 bits per heavy atom. The smallest absolute Gasteiger partial charge is 0.324 e. The molecule has 5 nitrogen and oxygen atoms in total. The molecule has 2 aromatic rings. The number of nitrogens with one attached hydrogen (secondary N) is 1. The third kappa shape index (κ3) is 2.68. The Morgan fingerprint density at radius 2 is 2.28 bits per heavy atom. The molecule has 0 fully saturated rings. The van der Waals surface area contributed by atoms with Crippen LogP contribution in [0.2, 0.25) is 0 Å². The molecular weight excluding hydrogens is 316 g/mol. The fourth-order valence-corrected chi connectivity index (χ4v) is 3.20. The van der Waals surface area contributed by atoms with Crippen LogP contribution in [-0.2, 0) is 7.05 Å². The van der Waals surface area contributed by atoms with Crippen LogP contribution in [0.25, 0.3) is 0 Å². The largest absolute Gasteiger partial charge is 0.343 e. The molecule has 1 atom stereocenters. The molecule has 0 unspecified atom stereocenters. The highest BCUT2D eigenvalue weighted by atomic mass is 79.9. The van der Waals surface area contributed by atoms with Gasteiger partial charge < -0.3 is 5.73 Å². The molecule has 1 aromatic heterocycles. The molecule has 0 aliphatic rings. The van der Waals surface area contributed by atoms with Crippen molar-refractivity contribution in [1.29, 1.82) is 0 Å². The minimum atomic E-state index is -0.219. The zero-order valence-corrected chi connectivity index (χ0v) is 12.4. The molecule has 2 rings (SSSR count). The van der Waals surface area contributed by atoms with Gasteiger partial charge in [-0.15, -0.1) is 5.10 Å². The molecule has 1 aromatic carbocycles. The van der Waals surface area contributed by atoms with Crippen LogP contribution in [0, 0.1) is 0 Å². The van der Waals surface area contributed by atoms with Gasteiger partial charge in [-0.3, -0.25) is 4.57 Å². The average molecular weight is 329 g/mol. The number of aromatic nitrogens is 3.